The number of nitrogens with one attached hydrogen (secondary N) is 1. The maximum absolute atomic E-state index is 13.7. The highest BCUT2D eigenvalue weighted by molar-refractivity contribution is 6.30. The Morgan fingerprint density at radius 1 is 1.31 bits per heavy atom. The number of hydrogen-bond acceptors (Lipinski definition) is 2. The van der Waals surface area contributed by atoms with E-state index in [0.29, 0.717) is 30.0 Å². The fourth-order valence-electron chi connectivity index (χ4n) is 2.19. The first-order valence-electron chi connectivity index (χ1n) is 5.50. The van der Waals surface area contributed by atoms with Crippen LogP contribution < -0.4 is 5.32 Å². The summed E-state index contributed by atoms with van der Waals surface area (Å²) in [5.74, 6) is -0.420. The SMILES string of the molecule is OC1(c2ccc(Cl)cc2F)CCCNCC1. The molecule has 1 saturated heterocycles. The van der Waals surface area contributed by atoms with Crippen LogP contribution in [0.3, 0.4) is 0 Å². The van der Waals surface area contributed by atoms with Crippen LogP contribution in [0.25, 0.3) is 0 Å². The third kappa shape index (κ3) is 2.37. The summed E-state index contributed by atoms with van der Waals surface area (Å²) < 4.78 is 13.7. The van der Waals surface area contributed by atoms with Gasteiger partial charge in [0.15, 0.2) is 0 Å². The summed E-state index contributed by atoms with van der Waals surface area (Å²) in [6, 6.07) is 4.46. The maximum atomic E-state index is 13.7. The smallest absolute Gasteiger partial charge is 0.130 e. The van der Waals surface area contributed by atoms with E-state index < -0.39 is 11.4 Å². The Kier molecular flexibility index (Phi) is 3.47. The average molecular weight is 244 g/mol. The van der Waals surface area contributed by atoms with Crippen molar-refractivity contribution < 1.29 is 9.50 Å². The van der Waals surface area contributed by atoms with Crippen LogP contribution in [0.1, 0.15) is 24.8 Å². The average Bonchev–Trinajstić information content (AvgIpc) is 2.43. The summed E-state index contributed by atoms with van der Waals surface area (Å²) in [6.45, 7) is 1.58. The monoisotopic (exact) mass is 243 g/mol. The van der Waals surface area contributed by atoms with Gasteiger partial charge in [-0.2, -0.15) is 0 Å². The van der Waals surface area contributed by atoms with Gasteiger partial charge in [0.1, 0.15) is 5.82 Å². The molecule has 0 bridgehead atoms. The largest absolute Gasteiger partial charge is 0.385 e. The van der Waals surface area contributed by atoms with E-state index in [2.05, 4.69) is 5.32 Å². The Labute approximate surface area is 99.4 Å². The van der Waals surface area contributed by atoms with Gasteiger partial charge in [-0.15, -0.1) is 0 Å². The molecule has 1 aliphatic heterocycles. The molecule has 2 rings (SSSR count). The molecule has 2 N–H and O–H groups in total. The Morgan fingerprint density at radius 2 is 2.12 bits per heavy atom. The molecular formula is C12H15ClFNO. The molecule has 1 unspecified atom stereocenters. The number of benzene rings is 1. The summed E-state index contributed by atoms with van der Waals surface area (Å²) in [6.07, 6.45) is 1.96. The molecule has 16 heavy (non-hydrogen) atoms. The van der Waals surface area contributed by atoms with Crippen molar-refractivity contribution in [1.82, 2.24) is 5.32 Å². The molecule has 0 aliphatic carbocycles. The van der Waals surface area contributed by atoms with Crippen LogP contribution in [-0.4, -0.2) is 18.2 Å². The van der Waals surface area contributed by atoms with Crippen LogP contribution in [0.5, 0.6) is 0 Å². The quantitative estimate of drug-likeness (QED) is 0.794. The predicted molar refractivity (Wildman–Crippen MR) is 62.0 cm³/mol. The minimum atomic E-state index is -1.06. The van der Waals surface area contributed by atoms with Gasteiger partial charge in [-0.1, -0.05) is 17.7 Å². The second-order valence-electron chi connectivity index (χ2n) is 4.26. The van der Waals surface area contributed by atoms with Crippen LogP contribution in [0.4, 0.5) is 4.39 Å². The molecule has 1 fully saturated rings. The van der Waals surface area contributed by atoms with Crippen molar-refractivity contribution in [2.24, 2.45) is 0 Å². The van der Waals surface area contributed by atoms with E-state index >= 15 is 0 Å². The molecule has 2 nitrogen and oxygen atoms in total. The van der Waals surface area contributed by atoms with E-state index in [4.69, 9.17) is 11.6 Å². The highest BCUT2D eigenvalue weighted by Gasteiger charge is 2.32. The van der Waals surface area contributed by atoms with Crippen molar-refractivity contribution in [2.45, 2.75) is 24.9 Å². The fraction of sp³-hybridized carbons (Fsp3) is 0.500. The highest BCUT2D eigenvalue weighted by Crippen LogP contribution is 2.33. The molecule has 0 amide bonds. The first-order valence-corrected chi connectivity index (χ1v) is 5.88. The molecule has 1 aromatic rings. The van der Waals surface area contributed by atoms with E-state index in [9.17, 15) is 9.50 Å². The van der Waals surface area contributed by atoms with E-state index in [-0.39, 0.29) is 0 Å². The zero-order chi connectivity index (χ0) is 11.6. The van der Waals surface area contributed by atoms with Crippen molar-refractivity contribution in [3.63, 3.8) is 0 Å². The van der Waals surface area contributed by atoms with Crippen LogP contribution >= 0.6 is 11.6 Å². The van der Waals surface area contributed by atoms with Gasteiger partial charge in [0.2, 0.25) is 0 Å². The van der Waals surface area contributed by atoms with E-state index in [1.807, 2.05) is 0 Å². The highest BCUT2D eigenvalue weighted by atomic mass is 35.5. The Morgan fingerprint density at radius 3 is 2.88 bits per heavy atom. The molecule has 0 radical (unpaired) electrons. The molecule has 1 heterocycles. The standard InChI is InChI=1S/C12H15ClFNO/c13-9-2-3-10(11(14)8-9)12(16)4-1-6-15-7-5-12/h2-3,8,15-16H,1,4-7H2. The number of hydrogen-bond donors (Lipinski definition) is 2. The van der Waals surface area contributed by atoms with Crippen LogP contribution in [0.15, 0.2) is 18.2 Å². The van der Waals surface area contributed by atoms with Gasteiger partial charge in [-0.3, -0.25) is 0 Å². The summed E-state index contributed by atoms with van der Waals surface area (Å²) >= 11 is 5.70. The lowest BCUT2D eigenvalue weighted by molar-refractivity contribution is 0.0206. The van der Waals surface area contributed by atoms with Gasteiger partial charge in [0.05, 0.1) is 5.60 Å². The lowest BCUT2D eigenvalue weighted by Crippen LogP contribution is -2.28. The van der Waals surface area contributed by atoms with Crippen molar-refractivity contribution in [2.75, 3.05) is 13.1 Å². The first-order chi connectivity index (χ1) is 7.62. The Bertz CT molecular complexity index is 375. The van der Waals surface area contributed by atoms with Gasteiger partial charge in [0.25, 0.3) is 0 Å². The summed E-state index contributed by atoms with van der Waals surface area (Å²) in [5, 5.41) is 14.0. The summed E-state index contributed by atoms with van der Waals surface area (Å²) in [4.78, 5) is 0. The van der Waals surface area contributed by atoms with Gasteiger partial charge in [-0.05, 0) is 44.5 Å². The Balaban J connectivity index is 2.33. The van der Waals surface area contributed by atoms with E-state index in [1.54, 1.807) is 12.1 Å². The molecule has 0 aromatic heterocycles. The molecule has 1 atom stereocenters. The minimum absolute atomic E-state index is 0.358. The van der Waals surface area contributed by atoms with Crippen molar-refractivity contribution >= 4 is 11.6 Å². The van der Waals surface area contributed by atoms with Crippen molar-refractivity contribution in [1.29, 1.82) is 0 Å². The fourth-order valence-corrected chi connectivity index (χ4v) is 2.35. The minimum Gasteiger partial charge on any atom is -0.385 e. The maximum Gasteiger partial charge on any atom is 0.130 e. The zero-order valence-corrected chi connectivity index (χ0v) is 9.73. The normalized spacial score (nSPS) is 26.4. The predicted octanol–water partition coefficient (Wildman–Crippen LogP) is 2.44. The van der Waals surface area contributed by atoms with Gasteiger partial charge in [-0.25, -0.2) is 4.39 Å². The molecule has 1 aromatic carbocycles. The van der Waals surface area contributed by atoms with E-state index in [0.717, 1.165) is 13.0 Å². The van der Waals surface area contributed by atoms with Crippen LogP contribution in [0.2, 0.25) is 5.02 Å². The lowest BCUT2D eigenvalue weighted by atomic mass is 9.86. The third-order valence-electron chi connectivity index (χ3n) is 3.09. The topological polar surface area (TPSA) is 32.3 Å². The lowest BCUT2D eigenvalue weighted by Gasteiger charge is -2.27. The van der Waals surface area contributed by atoms with E-state index in [1.165, 1.54) is 6.07 Å². The van der Waals surface area contributed by atoms with Crippen LogP contribution in [-0.2, 0) is 5.60 Å². The molecular weight excluding hydrogens is 229 g/mol. The molecule has 0 spiro atoms. The molecule has 1 aliphatic rings. The van der Waals surface area contributed by atoms with Gasteiger partial charge < -0.3 is 10.4 Å². The number of aliphatic hydroxyl groups is 1. The van der Waals surface area contributed by atoms with Gasteiger partial charge >= 0.3 is 0 Å². The molecule has 88 valence electrons. The molecule has 0 saturated carbocycles. The number of halogens is 2. The summed E-state index contributed by atoms with van der Waals surface area (Å²) in [7, 11) is 0. The summed E-state index contributed by atoms with van der Waals surface area (Å²) in [5.41, 5.74) is -0.696. The second-order valence-corrected chi connectivity index (χ2v) is 4.70. The number of rotatable bonds is 1. The molecule has 4 heteroatoms. The van der Waals surface area contributed by atoms with Crippen molar-refractivity contribution in [3.8, 4) is 0 Å². The first kappa shape index (κ1) is 11.8. The Hall–Kier alpha value is -0.640. The third-order valence-corrected chi connectivity index (χ3v) is 3.33. The van der Waals surface area contributed by atoms with Crippen molar-refractivity contribution in [3.05, 3.63) is 34.6 Å². The van der Waals surface area contributed by atoms with Gasteiger partial charge in [0, 0.05) is 10.6 Å². The second kappa shape index (κ2) is 4.70. The van der Waals surface area contributed by atoms with Crippen LogP contribution in [0, 0.1) is 5.82 Å². The zero-order valence-electron chi connectivity index (χ0n) is 8.97.